The van der Waals surface area contributed by atoms with Crippen molar-refractivity contribution in [1.82, 2.24) is 0 Å². The van der Waals surface area contributed by atoms with Crippen LogP contribution in [0.15, 0.2) is 23.3 Å². The zero-order valence-corrected chi connectivity index (χ0v) is 13.6. The van der Waals surface area contributed by atoms with Crippen molar-refractivity contribution >= 4 is 5.78 Å². The number of allylic oxidation sites excluding steroid dienone is 4. The number of hydrogen-bond donors (Lipinski definition) is 0. The van der Waals surface area contributed by atoms with E-state index in [4.69, 9.17) is 0 Å². The first-order valence-electron chi connectivity index (χ1n) is 7.52. The molecule has 0 aliphatic heterocycles. The number of carbonyl (C=O) groups is 1. The molecule has 0 aromatic rings. The summed E-state index contributed by atoms with van der Waals surface area (Å²) in [5, 5.41) is 0. The molecule has 0 spiro atoms. The van der Waals surface area contributed by atoms with Crippen LogP contribution in [-0.2, 0) is 4.79 Å². The van der Waals surface area contributed by atoms with Gasteiger partial charge in [-0.3, -0.25) is 4.79 Å². The second kappa shape index (κ2) is 6.07. The molecule has 1 nitrogen and oxygen atoms in total. The maximum atomic E-state index is 11.0. The van der Waals surface area contributed by atoms with E-state index in [2.05, 4.69) is 46.8 Å². The zero-order valence-electron chi connectivity index (χ0n) is 13.6. The van der Waals surface area contributed by atoms with E-state index in [1.165, 1.54) is 19.3 Å². The second-order valence-corrected chi connectivity index (χ2v) is 7.57. The number of Topliss-reactive ketones (excluding diaryl/α,β-unsaturated/α-hetero) is 1. The van der Waals surface area contributed by atoms with Crippen LogP contribution >= 0.6 is 0 Å². The van der Waals surface area contributed by atoms with E-state index < -0.39 is 0 Å². The van der Waals surface area contributed by atoms with Gasteiger partial charge in [-0.15, -0.1) is 0 Å². The Bertz CT molecular complexity index is 394. The molecule has 19 heavy (non-hydrogen) atoms. The van der Waals surface area contributed by atoms with Crippen LogP contribution in [0, 0.1) is 10.8 Å². The molecular formula is C18H30O. The molecule has 0 atom stereocenters. The smallest absolute Gasteiger partial charge is 0.158 e. The van der Waals surface area contributed by atoms with Gasteiger partial charge in [0.15, 0.2) is 5.78 Å². The fourth-order valence-corrected chi connectivity index (χ4v) is 3.01. The van der Waals surface area contributed by atoms with E-state index in [0.717, 1.165) is 18.4 Å². The third-order valence-corrected chi connectivity index (χ3v) is 4.07. The highest BCUT2D eigenvalue weighted by molar-refractivity contribution is 5.95. The Morgan fingerprint density at radius 3 is 1.84 bits per heavy atom. The Balaban J connectivity index is 0.000000191. The second-order valence-electron chi connectivity index (χ2n) is 7.57. The number of rotatable bonds is 0. The molecule has 0 aromatic carbocycles. The molecule has 0 unspecified atom stereocenters. The van der Waals surface area contributed by atoms with E-state index >= 15 is 0 Å². The molecule has 0 saturated carbocycles. The summed E-state index contributed by atoms with van der Waals surface area (Å²) in [6.07, 6.45) is 10.3. The number of hydrogen-bond acceptors (Lipinski definition) is 1. The number of ketones is 1. The average Bonchev–Trinajstić information content (AvgIpc) is 2.22. The van der Waals surface area contributed by atoms with Gasteiger partial charge in [-0.05, 0) is 55.9 Å². The molecule has 0 aromatic heterocycles. The predicted molar refractivity (Wildman–Crippen MR) is 83.2 cm³/mol. The van der Waals surface area contributed by atoms with Crippen LogP contribution in [0.3, 0.4) is 0 Å². The lowest BCUT2D eigenvalue weighted by atomic mass is 9.80. The maximum Gasteiger partial charge on any atom is 0.158 e. The maximum absolute atomic E-state index is 11.0. The minimum Gasteiger partial charge on any atom is -0.295 e. The molecule has 1 heteroatoms. The Morgan fingerprint density at radius 2 is 1.47 bits per heavy atom. The fourth-order valence-electron chi connectivity index (χ4n) is 3.01. The summed E-state index contributed by atoms with van der Waals surface area (Å²) in [7, 11) is 0. The Hall–Kier alpha value is -0.850. The Kier molecular flexibility index (Phi) is 5.18. The van der Waals surface area contributed by atoms with Gasteiger partial charge in [0.05, 0.1) is 0 Å². The molecule has 0 amide bonds. The summed E-state index contributed by atoms with van der Waals surface area (Å²) >= 11 is 0. The Labute approximate surface area is 119 Å². The highest BCUT2D eigenvalue weighted by Crippen LogP contribution is 2.32. The van der Waals surface area contributed by atoms with Gasteiger partial charge in [0.1, 0.15) is 0 Å². The summed E-state index contributed by atoms with van der Waals surface area (Å²) in [6, 6.07) is 0. The average molecular weight is 262 g/mol. The summed E-state index contributed by atoms with van der Waals surface area (Å²) in [4.78, 5) is 11.0. The standard InChI is InChI=1S/C9H14O.C9H16/c1-7-6-9(2,3)5-4-8(7)10;1-8-5-4-6-9(2,3)7-8/h6H,4-5H2,1-3H3;7H,4-6H2,1-3H3. The molecule has 0 N–H and O–H groups in total. The molecule has 0 fully saturated rings. The van der Waals surface area contributed by atoms with Crippen molar-refractivity contribution in [3.05, 3.63) is 23.3 Å². The van der Waals surface area contributed by atoms with E-state index in [1.54, 1.807) is 5.57 Å². The SMILES string of the molecule is CC1=CC(C)(C)CCC1.CC1=CC(C)(C)CCC1=O. The molecule has 108 valence electrons. The highest BCUT2D eigenvalue weighted by Gasteiger charge is 2.23. The first-order chi connectivity index (χ1) is 8.61. The van der Waals surface area contributed by atoms with Crippen LogP contribution in [-0.4, -0.2) is 5.78 Å². The van der Waals surface area contributed by atoms with Crippen LogP contribution in [0.2, 0.25) is 0 Å². The van der Waals surface area contributed by atoms with Gasteiger partial charge in [-0.25, -0.2) is 0 Å². The molecule has 2 aliphatic rings. The zero-order chi connectivity index (χ0) is 14.7. The summed E-state index contributed by atoms with van der Waals surface area (Å²) in [6.45, 7) is 13.1. The van der Waals surface area contributed by atoms with Crippen LogP contribution in [0.5, 0.6) is 0 Å². The van der Waals surface area contributed by atoms with E-state index in [0.29, 0.717) is 11.2 Å². The molecule has 0 saturated heterocycles. The van der Waals surface area contributed by atoms with Crippen molar-refractivity contribution in [2.45, 2.75) is 73.6 Å². The molecule has 0 bridgehead atoms. The van der Waals surface area contributed by atoms with Crippen molar-refractivity contribution in [3.63, 3.8) is 0 Å². The largest absolute Gasteiger partial charge is 0.295 e. The van der Waals surface area contributed by atoms with Gasteiger partial charge in [0.25, 0.3) is 0 Å². The van der Waals surface area contributed by atoms with Crippen LogP contribution < -0.4 is 0 Å². The quantitative estimate of drug-likeness (QED) is 0.529. The summed E-state index contributed by atoms with van der Waals surface area (Å²) < 4.78 is 0. The third-order valence-electron chi connectivity index (χ3n) is 4.07. The van der Waals surface area contributed by atoms with Crippen LogP contribution in [0.4, 0.5) is 0 Å². The van der Waals surface area contributed by atoms with Crippen molar-refractivity contribution in [2.24, 2.45) is 10.8 Å². The lowest BCUT2D eigenvalue weighted by Gasteiger charge is -2.25. The van der Waals surface area contributed by atoms with Crippen molar-refractivity contribution in [2.75, 3.05) is 0 Å². The minimum absolute atomic E-state index is 0.248. The first kappa shape index (κ1) is 16.2. The summed E-state index contributed by atoms with van der Waals surface area (Å²) in [5.41, 5.74) is 3.25. The van der Waals surface area contributed by atoms with Gasteiger partial charge < -0.3 is 0 Å². The van der Waals surface area contributed by atoms with E-state index in [9.17, 15) is 4.79 Å². The van der Waals surface area contributed by atoms with Gasteiger partial charge in [-0.2, -0.15) is 0 Å². The van der Waals surface area contributed by atoms with Crippen molar-refractivity contribution < 1.29 is 4.79 Å². The first-order valence-corrected chi connectivity index (χ1v) is 7.52. The molecule has 2 aliphatic carbocycles. The molecule has 2 rings (SSSR count). The fraction of sp³-hybridized carbons (Fsp3) is 0.722. The molecule has 0 heterocycles. The lowest BCUT2D eigenvalue weighted by Crippen LogP contribution is -2.18. The third kappa shape index (κ3) is 5.76. The molecule has 0 radical (unpaired) electrons. The number of carbonyl (C=O) groups excluding carboxylic acids is 1. The van der Waals surface area contributed by atoms with Gasteiger partial charge in [0, 0.05) is 6.42 Å². The summed E-state index contributed by atoms with van der Waals surface area (Å²) in [5.74, 6) is 0.319. The topological polar surface area (TPSA) is 17.1 Å². The normalized spacial score (nSPS) is 24.8. The molecular weight excluding hydrogens is 232 g/mol. The van der Waals surface area contributed by atoms with E-state index in [1.807, 2.05) is 6.92 Å². The lowest BCUT2D eigenvalue weighted by molar-refractivity contribution is -0.116. The predicted octanol–water partition coefficient (Wildman–Crippen LogP) is 5.46. The van der Waals surface area contributed by atoms with Gasteiger partial charge in [0.2, 0.25) is 0 Å². The minimum atomic E-state index is 0.248. The monoisotopic (exact) mass is 262 g/mol. The van der Waals surface area contributed by atoms with Gasteiger partial charge >= 0.3 is 0 Å². The van der Waals surface area contributed by atoms with Crippen LogP contribution in [0.25, 0.3) is 0 Å². The van der Waals surface area contributed by atoms with Crippen molar-refractivity contribution in [1.29, 1.82) is 0 Å². The van der Waals surface area contributed by atoms with E-state index in [-0.39, 0.29) is 5.41 Å². The van der Waals surface area contributed by atoms with Crippen LogP contribution in [0.1, 0.15) is 73.6 Å². The van der Waals surface area contributed by atoms with Crippen molar-refractivity contribution in [3.8, 4) is 0 Å². The van der Waals surface area contributed by atoms with Gasteiger partial charge in [-0.1, -0.05) is 45.4 Å². The Morgan fingerprint density at radius 1 is 0.895 bits per heavy atom. The highest BCUT2D eigenvalue weighted by atomic mass is 16.1.